The third kappa shape index (κ3) is 8.27. The lowest BCUT2D eigenvalue weighted by molar-refractivity contribution is -0.125. The molecule has 4 amide bonds. The van der Waals surface area contributed by atoms with Crippen LogP contribution in [0, 0.1) is 23.7 Å². The zero-order chi connectivity index (χ0) is 37.3. The minimum absolute atomic E-state index is 0.0599. The molecule has 0 aromatic carbocycles. The van der Waals surface area contributed by atoms with Gasteiger partial charge in [0.2, 0.25) is 23.6 Å². The molecule has 9 atom stereocenters. The van der Waals surface area contributed by atoms with Gasteiger partial charge in [-0.25, -0.2) is 20.0 Å². The molecule has 0 radical (unpaired) electrons. The summed E-state index contributed by atoms with van der Waals surface area (Å²) in [5.74, 6) is -1.28. The number of amides is 4. The van der Waals surface area contributed by atoms with Crippen molar-refractivity contribution in [3.63, 3.8) is 0 Å². The fourth-order valence-corrected chi connectivity index (χ4v) is 8.15. The Balaban J connectivity index is 1.54. The van der Waals surface area contributed by atoms with Gasteiger partial charge in [0.05, 0.1) is 12.1 Å². The maximum absolute atomic E-state index is 13.8. The van der Waals surface area contributed by atoms with E-state index in [9.17, 15) is 19.2 Å². The summed E-state index contributed by atoms with van der Waals surface area (Å²) in [6, 6.07) is -3.94. The van der Waals surface area contributed by atoms with Crippen molar-refractivity contribution in [1.82, 2.24) is 31.2 Å². The number of carbonyl (C=O) groups is 4. The molecule has 0 saturated heterocycles. The van der Waals surface area contributed by atoms with Crippen molar-refractivity contribution in [1.29, 1.82) is 0 Å². The maximum atomic E-state index is 13.8. The Kier molecular flexibility index (Phi) is 11.8. The van der Waals surface area contributed by atoms with Crippen molar-refractivity contribution in [3.8, 4) is 0 Å². The third-order valence-electron chi connectivity index (χ3n) is 9.53. The topological polar surface area (TPSA) is 185 Å². The van der Waals surface area contributed by atoms with Crippen LogP contribution in [0.1, 0.15) is 119 Å². The van der Waals surface area contributed by atoms with Crippen LogP contribution >= 0.6 is 22.7 Å². The lowest BCUT2D eigenvalue weighted by Gasteiger charge is -2.24. The standard InChI is InChI=1S/C35H50N8O6S2/c1-11-17(8)25-33-43-27(19(10)49-33)31(47)40-23(15(4)5)34-36-20(12-50-34)28(44)38-22(14(2)3)32-42-26(18(9)48-32)30(46)39-24(16(6)7)35-37-21(13-51-35)29(45)41-25/h12-19,22-27H,11H2,1-10H3,(H,38,44)(H,39,46)(H,40,47)(H,41,45)/t17?,18-,19-,22+,23-,24-,25+,26+,27+/m1/s1. The average Bonchev–Trinajstić information content (AvgIpc) is 3.89. The van der Waals surface area contributed by atoms with Gasteiger partial charge in [-0.3, -0.25) is 19.2 Å². The van der Waals surface area contributed by atoms with Crippen LogP contribution < -0.4 is 21.3 Å². The quantitative estimate of drug-likeness (QED) is 0.351. The highest BCUT2D eigenvalue weighted by molar-refractivity contribution is 7.10. The van der Waals surface area contributed by atoms with Gasteiger partial charge in [0.1, 0.15) is 45.7 Å². The summed E-state index contributed by atoms with van der Waals surface area (Å²) in [7, 11) is 0. The molecule has 0 saturated carbocycles. The summed E-state index contributed by atoms with van der Waals surface area (Å²) >= 11 is 2.56. The molecule has 8 bridgehead atoms. The van der Waals surface area contributed by atoms with Gasteiger partial charge in [-0.1, -0.05) is 61.8 Å². The smallest absolute Gasteiger partial charge is 0.271 e. The second kappa shape index (κ2) is 15.8. The number of fused-ring (bicyclic) bond motifs is 6. The molecule has 0 spiro atoms. The van der Waals surface area contributed by atoms with E-state index in [0.717, 1.165) is 0 Å². The maximum Gasteiger partial charge on any atom is 0.271 e. The van der Waals surface area contributed by atoms with E-state index in [1.54, 1.807) is 24.6 Å². The van der Waals surface area contributed by atoms with Crippen LogP contribution in [-0.4, -0.2) is 81.8 Å². The van der Waals surface area contributed by atoms with Crippen molar-refractivity contribution in [2.45, 2.75) is 124 Å². The number of aliphatic imine (C=N–C) groups is 2. The van der Waals surface area contributed by atoms with E-state index in [1.807, 2.05) is 55.4 Å². The molecule has 14 nitrogen and oxygen atoms in total. The van der Waals surface area contributed by atoms with E-state index in [4.69, 9.17) is 14.5 Å². The fourth-order valence-electron chi connectivity index (χ4n) is 6.11. The molecular weight excluding hydrogens is 693 g/mol. The highest BCUT2D eigenvalue weighted by Crippen LogP contribution is 2.30. The first-order chi connectivity index (χ1) is 24.1. The van der Waals surface area contributed by atoms with Gasteiger partial charge in [-0.2, -0.15) is 0 Å². The Morgan fingerprint density at radius 3 is 1.41 bits per heavy atom. The molecule has 0 fully saturated rings. The summed E-state index contributed by atoms with van der Waals surface area (Å²) in [6.07, 6.45) is -0.454. The predicted molar refractivity (Wildman–Crippen MR) is 196 cm³/mol. The monoisotopic (exact) mass is 742 g/mol. The highest BCUT2D eigenvalue weighted by atomic mass is 32.1. The number of hydrogen-bond acceptors (Lipinski definition) is 12. The molecule has 3 aliphatic heterocycles. The van der Waals surface area contributed by atoms with Gasteiger partial charge in [0, 0.05) is 10.8 Å². The predicted octanol–water partition coefficient (Wildman–Crippen LogP) is 4.21. The minimum atomic E-state index is -0.858. The first-order valence-electron chi connectivity index (χ1n) is 17.7. The van der Waals surface area contributed by atoms with Crippen molar-refractivity contribution in [2.24, 2.45) is 33.7 Å². The lowest BCUT2D eigenvalue weighted by atomic mass is 9.98. The number of nitrogens with zero attached hydrogens (tertiary/aromatic N) is 4. The van der Waals surface area contributed by atoms with Gasteiger partial charge in [-0.15, -0.1) is 22.7 Å². The first kappa shape index (κ1) is 38.3. The van der Waals surface area contributed by atoms with E-state index in [-0.39, 0.29) is 58.7 Å². The summed E-state index contributed by atoms with van der Waals surface area (Å²) in [6.45, 7) is 19.2. The summed E-state index contributed by atoms with van der Waals surface area (Å²) in [5, 5.41) is 16.7. The number of rotatable bonds is 5. The van der Waals surface area contributed by atoms with Gasteiger partial charge in [-0.05, 0) is 37.5 Å². The molecule has 5 heterocycles. The summed E-state index contributed by atoms with van der Waals surface area (Å²) < 4.78 is 12.2. The first-order valence-corrected chi connectivity index (χ1v) is 19.5. The van der Waals surface area contributed by atoms with Crippen molar-refractivity contribution in [2.75, 3.05) is 0 Å². The highest BCUT2D eigenvalue weighted by Gasteiger charge is 2.41. The second-order valence-corrected chi connectivity index (χ2v) is 16.4. The van der Waals surface area contributed by atoms with E-state index in [1.165, 1.54) is 22.7 Å². The minimum Gasteiger partial charge on any atom is -0.474 e. The Morgan fingerprint density at radius 1 is 0.627 bits per heavy atom. The van der Waals surface area contributed by atoms with Gasteiger partial charge >= 0.3 is 0 Å². The van der Waals surface area contributed by atoms with Crippen LogP contribution in [0.4, 0.5) is 0 Å². The number of hydrogen-bond donors (Lipinski definition) is 4. The van der Waals surface area contributed by atoms with Crippen LogP contribution in [0.25, 0.3) is 0 Å². The zero-order valence-electron chi connectivity index (χ0n) is 30.8. The third-order valence-corrected chi connectivity index (χ3v) is 11.4. The van der Waals surface area contributed by atoms with Gasteiger partial charge in [0.15, 0.2) is 12.1 Å². The largest absolute Gasteiger partial charge is 0.474 e. The number of aromatic nitrogens is 2. The molecule has 2 aromatic heterocycles. The van der Waals surface area contributed by atoms with Crippen LogP contribution in [0.15, 0.2) is 20.7 Å². The van der Waals surface area contributed by atoms with Crippen LogP contribution in [0.5, 0.6) is 0 Å². The lowest BCUT2D eigenvalue weighted by Crippen LogP contribution is -2.45. The van der Waals surface area contributed by atoms with Crippen LogP contribution in [0.2, 0.25) is 0 Å². The average molecular weight is 743 g/mol. The molecule has 16 heteroatoms. The molecule has 5 rings (SSSR count). The number of carbonyl (C=O) groups excluding carboxylic acids is 4. The number of thiazole rings is 2. The van der Waals surface area contributed by atoms with E-state index in [0.29, 0.717) is 16.4 Å². The normalized spacial score (nSPS) is 29.7. The Morgan fingerprint density at radius 2 is 1.02 bits per heavy atom. The molecule has 2 aromatic rings. The molecule has 1 unspecified atom stereocenters. The van der Waals surface area contributed by atoms with E-state index >= 15 is 0 Å². The van der Waals surface area contributed by atoms with Crippen LogP contribution in [-0.2, 0) is 19.1 Å². The van der Waals surface area contributed by atoms with Gasteiger partial charge in [0.25, 0.3) is 11.8 Å². The molecule has 4 N–H and O–H groups in total. The molecule has 0 aliphatic carbocycles. The summed E-state index contributed by atoms with van der Waals surface area (Å²) in [4.78, 5) is 73.3. The molecule has 278 valence electrons. The molecule has 51 heavy (non-hydrogen) atoms. The Labute approximate surface area is 307 Å². The fraction of sp³-hybridized carbons (Fsp3) is 0.657. The Hall–Kier alpha value is -3.92. The zero-order valence-corrected chi connectivity index (χ0v) is 32.5. The van der Waals surface area contributed by atoms with E-state index in [2.05, 4.69) is 36.2 Å². The van der Waals surface area contributed by atoms with Crippen molar-refractivity contribution in [3.05, 3.63) is 32.2 Å². The SMILES string of the molecule is CCC(C)[C@@H]1NC(=O)c2csc(n2)[C@@H](C(C)C)NC(=O)[C@H]2N=C(O[C@@H]2C)[C@H](C(C)C)NC(=O)c2csc(n2)[C@@H](C(C)C)NC(=O)[C@H]2N=C1O[C@@H]2C. The summed E-state index contributed by atoms with van der Waals surface area (Å²) in [5.41, 5.74) is 0.401. The molecular formula is C35H50N8O6S2. The second-order valence-electron chi connectivity index (χ2n) is 14.6. The van der Waals surface area contributed by atoms with Crippen molar-refractivity contribution < 1.29 is 28.7 Å². The van der Waals surface area contributed by atoms with Gasteiger partial charge < -0.3 is 30.7 Å². The van der Waals surface area contributed by atoms with E-state index < -0.39 is 60.3 Å². The molecule has 3 aliphatic rings. The van der Waals surface area contributed by atoms with Crippen molar-refractivity contribution >= 4 is 58.1 Å². The number of ether oxygens (including phenoxy) is 2. The van der Waals surface area contributed by atoms with Crippen LogP contribution in [0.3, 0.4) is 0 Å². The Bertz CT molecular complexity index is 1680. The number of nitrogens with one attached hydrogen (secondary N) is 4.